The second kappa shape index (κ2) is 6.59. The standard InChI is InChI=1S/C17H17BrOS/c1-11-8-9-14(10-12(11)2)17(19)13(3)20-16-7-5-4-6-15(16)18/h4-10,13H,1-3H3. The smallest absolute Gasteiger partial charge is 0.175 e. The van der Waals surface area contributed by atoms with E-state index in [0.717, 1.165) is 20.5 Å². The van der Waals surface area contributed by atoms with Crippen molar-refractivity contribution in [3.63, 3.8) is 0 Å². The Bertz CT molecular complexity index is 637. The minimum atomic E-state index is -0.101. The van der Waals surface area contributed by atoms with Gasteiger partial charge in [0.1, 0.15) is 0 Å². The average molecular weight is 349 g/mol. The van der Waals surface area contributed by atoms with Crippen molar-refractivity contribution in [3.8, 4) is 0 Å². The van der Waals surface area contributed by atoms with E-state index in [1.807, 2.05) is 56.3 Å². The van der Waals surface area contributed by atoms with Gasteiger partial charge in [-0.25, -0.2) is 0 Å². The summed E-state index contributed by atoms with van der Waals surface area (Å²) in [6.45, 7) is 6.06. The monoisotopic (exact) mass is 348 g/mol. The molecule has 2 aromatic carbocycles. The zero-order valence-electron chi connectivity index (χ0n) is 11.8. The summed E-state index contributed by atoms with van der Waals surface area (Å²) in [5.74, 6) is 0.175. The molecule has 0 aromatic heterocycles. The predicted octanol–water partition coefficient (Wildman–Crippen LogP) is 5.43. The summed E-state index contributed by atoms with van der Waals surface area (Å²) in [5.41, 5.74) is 3.17. The van der Waals surface area contributed by atoms with Gasteiger partial charge >= 0.3 is 0 Å². The number of carbonyl (C=O) groups excluding carboxylic acids is 1. The molecule has 104 valence electrons. The van der Waals surface area contributed by atoms with Crippen LogP contribution in [-0.4, -0.2) is 11.0 Å². The summed E-state index contributed by atoms with van der Waals surface area (Å²) in [5, 5.41) is -0.101. The summed E-state index contributed by atoms with van der Waals surface area (Å²) in [4.78, 5) is 13.6. The molecule has 0 aliphatic rings. The lowest BCUT2D eigenvalue weighted by Gasteiger charge is -2.12. The van der Waals surface area contributed by atoms with Crippen molar-refractivity contribution in [1.82, 2.24) is 0 Å². The Balaban J connectivity index is 2.16. The van der Waals surface area contributed by atoms with Crippen molar-refractivity contribution in [1.29, 1.82) is 0 Å². The van der Waals surface area contributed by atoms with Gasteiger partial charge in [0.15, 0.2) is 5.78 Å². The van der Waals surface area contributed by atoms with Crippen molar-refractivity contribution in [3.05, 3.63) is 63.6 Å². The summed E-state index contributed by atoms with van der Waals surface area (Å²) < 4.78 is 1.03. The molecule has 0 spiro atoms. The third kappa shape index (κ3) is 3.53. The molecule has 0 aliphatic carbocycles. The van der Waals surface area contributed by atoms with Gasteiger partial charge in [-0.2, -0.15) is 0 Å². The topological polar surface area (TPSA) is 17.1 Å². The fourth-order valence-corrected chi connectivity index (χ4v) is 3.44. The Kier molecular flexibility index (Phi) is 5.06. The van der Waals surface area contributed by atoms with Gasteiger partial charge in [-0.05, 0) is 66.0 Å². The Labute approximate surface area is 132 Å². The third-order valence-corrected chi connectivity index (χ3v) is 5.43. The van der Waals surface area contributed by atoms with Crippen LogP contribution in [-0.2, 0) is 0 Å². The van der Waals surface area contributed by atoms with E-state index < -0.39 is 0 Å². The van der Waals surface area contributed by atoms with Crippen LogP contribution in [0.5, 0.6) is 0 Å². The van der Waals surface area contributed by atoms with Gasteiger partial charge in [-0.3, -0.25) is 4.79 Å². The number of halogens is 1. The van der Waals surface area contributed by atoms with E-state index in [4.69, 9.17) is 0 Å². The highest BCUT2D eigenvalue weighted by Crippen LogP contribution is 2.31. The van der Waals surface area contributed by atoms with Crippen LogP contribution in [0.1, 0.15) is 28.4 Å². The first-order valence-corrected chi connectivity index (χ1v) is 8.19. The number of rotatable bonds is 4. The maximum atomic E-state index is 12.5. The fourth-order valence-electron chi connectivity index (χ4n) is 1.91. The molecule has 0 amide bonds. The minimum Gasteiger partial charge on any atom is -0.293 e. The van der Waals surface area contributed by atoms with E-state index in [2.05, 4.69) is 22.9 Å². The molecule has 0 saturated heterocycles. The van der Waals surface area contributed by atoms with Crippen LogP contribution >= 0.6 is 27.7 Å². The van der Waals surface area contributed by atoms with Gasteiger partial charge in [-0.15, -0.1) is 11.8 Å². The van der Waals surface area contributed by atoms with Crippen molar-refractivity contribution in [2.24, 2.45) is 0 Å². The molecule has 0 bridgehead atoms. The third-order valence-electron chi connectivity index (χ3n) is 3.30. The molecule has 3 heteroatoms. The van der Waals surface area contributed by atoms with Crippen molar-refractivity contribution < 1.29 is 4.79 Å². The van der Waals surface area contributed by atoms with Gasteiger partial charge in [0.05, 0.1) is 5.25 Å². The first-order chi connectivity index (χ1) is 9.49. The lowest BCUT2D eigenvalue weighted by molar-refractivity contribution is 0.0994. The molecule has 1 unspecified atom stereocenters. The van der Waals surface area contributed by atoms with Crippen LogP contribution < -0.4 is 0 Å². The molecule has 2 rings (SSSR count). The molecule has 0 fully saturated rings. The van der Waals surface area contributed by atoms with E-state index in [9.17, 15) is 4.79 Å². The number of aryl methyl sites for hydroxylation is 2. The van der Waals surface area contributed by atoms with E-state index in [-0.39, 0.29) is 11.0 Å². The molecule has 0 radical (unpaired) electrons. The molecule has 0 heterocycles. The average Bonchev–Trinajstić information content (AvgIpc) is 2.43. The number of hydrogen-bond acceptors (Lipinski definition) is 2. The van der Waals surface area contributed by atoms with Crippen molar-refractivity contribution in [2.75, 3.05) is 0 Å². The molecule has 1 atom stereocenters. The number of hydrogen-bond donors (Lipinski definition) is 0. The van der Waals surface area contributed by atoms with Crippen LogP contribution in [0, 0.1) is 13.8 Å². The molecule has 0 N–H and O–H groups in total. The van der Waals surface area contributed by atoms with Gasteiger partial charge < -0.3 is 0 Å². The summed E-state index contributed by atoms with van der Waals surface area (Å²) in [6.07, 6.45) is 0. The maximum absolute atomic E-state index is 12.5. The van der Waals surface area contributed by atoms with Crippen LogP contribution in [0.15, 0.2) is 51.8 Å². The fraction of sp³-hybridized carbons (Fsp3) is 0.235. The van der Waals surface area contributed by atoms with Crippen LogP contribution in [0.2, 0.25) is 0 Å². The Morgan fingerprint density at radius 3 is 2.45 bits per heavy atom. The SMILES string of the molecule is Cc1ccc(C(=O)C(C)Sc2ccccc2Br)cc1C. The number of ketones is 1. The number of thioether (sulfide) groups is 1. The Hall–Kier alpha value is -1.06. The van der Waals surface area contributed by atoms with Crippen molar-refractivity contribution in [2.45, 2.75) is 30.9 Å². The first-order valence-electron chi connectivity index (χ1n) is 6.51. The molecule has 0 saturated carbocycles. The molecule has 20 heavy (non-hydrogen) atoms. The second-order valence-electron chi connectivity index (χ2n) is 4.85. The maximum Gasteiger partial charge on any atom is 0.175 e. The molecule has 1 nitrogen and oxygen atoms in total. The number of carbonyl (C=O) groups is 1. The lowest BCUT2D eigenvalue weighted by atomic mass is 10.0. The minimum absolute atomic E-state index is 0.101. The quantitative estimate of drug-likeness (QED) is 0.541. The molecular weight excluding hydrogens is 332 g/mol. The van der Waals surface area contributed by atoms with Crippen molar-refractivity contribution >= 4 is 33.5 Å². The highest BCUT2D eigenvalue weighted by molar-refractivity contribution is 9.10. The van der Waals surface area contributed by atoms with E-state index in [1.165, 1.54) is 5.56 Å². The van der Waals surface area contributed by atoms with Crippen LogP contribution in [0.4, 0.5) is 0 Å². The van der Waals surface area contributed by atoms with Gasteiger partial charge in [0, 0.05) is 14.9 Å². The highest BCUT2D eigenvalue weighted by atomic mass is 79.9. The van der Waals surface area contributed by atoms with E-state index >= 15 is 0 Å². The van der Waals surface area contributed by atoms with Gasteiger partial charge in [-0.1, -0.05) is 24.3 Å². The van der Waals surface area contributed by atoms with Crippen LogP contribution in [0.3, 0.4) is 0 Å². The number of Topliss-reactive ketones (excluding diaryl/α,β-unsaturated/α-hetero) is 1. The Morgan fingerprint density at radius 2 is 1.80 bits per heavy atom. The first kappa shape index (κ1) is 15.3. The zero-order chi connectivity index (χ0) is 14.7. The second-order valence-corrected chi connectivity index (χ2v) is 7.09. The van der Waals surface area contributed by atoms with Gasteiger partial charge in [0.2, 0.25) is 0 Å². The zero-order valence-corrected chi connectivity index (χ0v) is 14.2. The Morgan fingerprint density at radius 1 is 1.10 bits per heavy atom. The highest BCUT2D eigenvalue weighted by Gasteiger charge is 2.17. The van der Waals surface area contributed by atoms with Crippen LogP contribution in [0.25, 0.3) is 0 Å². The summed E-state index contributed by atoms with van der Waals surface area (Å²) in [7, 11) is 0. The molecule has 2 aromatic rings. The summed E-state index contributed by atoms with van der Waals surface area (Å²) >= 11 is 5.11. The molecule has 0 aliphatic heterocycles. The normalized spacial score (nSPS) is 12.2. The van der Waals surface area contributed by atoms with E-state index in [0.29, 0.717) is 0 Å². The van der Waals surface area contributed by atoms with E-state index in [1.54, 1.807) is 11.8 Å². The predicted molar refractivity (Wildman–Crippen MR) is 89.7 cm³/mol. The number of benzene rings is 2. The largest absolute Gasteiger partial charge is 0.293 e. The van der Waals surface area contributed by atoms with Gasteiger partial charge in [0.25, 0.3) is 0 Å². The lowest BCUT2D eigenvalue weighted by Crippen LogP contribution is -2.13. The molecular formula is C17H17BrOS. The summed E-state index contributed by atoms with van der Waals surface area (Å²) in [6, 6.07) is 13.9.